The average Bonchev–Trinajstić information content (AvgIpc) is 3.29. The quantitative estimate of drug-likeness (QED) is 0.609. The molecule has 1 amide bonds. The Balaban J connectivity index is 1.45. The third-order valence-electron chi connectivity index (χ3n) is 3.42. The monoisotopic (exact) mass is 326 g/mol. The summed E-state index contributed by atoms with van der Waals surface area (Å²) in [5.41, 5.74) is 1.66. The fourth-order valence-corrected chi connectivity index (χ4v) is 2.07. The number of hydrogen-bond donors (Lipinski definition) is 1. The largest absolute Gasteiger partial charge is 0.452 e. The van der Waals surface area contributed by atoms with Crippen molar-refractivity contribution in [2.24, 2.45) is 0 Å². The van der Waals surface area contributed by atoms with E-state index in [4.69, 9.17) is 4.74 Å². The Labute approximate surface area is 139 Å². The van der Waals surface area contributed by atoms with Gasteiger partial charge < -0.3 is 10.1 Å². The molecule has 0 saturated heterocycles. The van der Waals surface area contributed by atoms with E-state index in [1.54, 1.807) is 10.9 Å². The topological polar surface area (TPSA) is 86.1 Å². The number of ether oxygens (including phenoxy) is 1. The summed E-state index contributed by atoms with van der Waals surface area (Å²) in [5, 5.41) is 10.7. The molecule has 1 aromatic carbocycles. The van der Waals surface area contributed by atoms with Crippen molar-refractivity contribution < 1.29 is 14.3 Å². The van der Waals surface area contributed by atoms with Crippen LogP contribution < -0.4 is 5.32 Å². The fourth-order valence-electron chi connectivity index (χ4n) is 2.07. The Morgan fingerprint density at radius 2 is 2.08 bits per heavy atom. The second-order valence-electron chi connectivity index (χ2n) is 5.61. The predicted molar refractivity (Wildman–Crippen MR) is 86.7 cm³/mol. The third kappa shape index (κ3) is 5.05. The van der Waals surface area contributed by atoms with Crippen LogP contribution in [0, 0.1) is 0 Å². The number of carbonyl (C=O) groups excluding carboxylic acids is 2. The van der Waals surface area contributed by atoms with Crippen LogP contribution in [0.2, 0.25) is 0 Å². The number of amides is 1. The molecule has 0 atom stereocenters. The van der Waals surface area contributed by atoms with Gasteiger partial charge in [-0.3, -0.25) is 4.79 Å². The van der Waals surface area contributed by atoms with Crippen molar-refractivity contribution in [3.05, 3.63) is 53.9 Å². The summed E-state index contributed by atoms with van der Waals surface area (Å²) in [6.45, 7) is 0.341. The second-order valence-corrected chi connectivity index (χ2v) is 5.61. The predicted octanol–water partition coefficient (Wildman–Crippen LogP) is 1.16. The molecule has 1 aliphatic rings. The van der Waals surface area contributed by atoms with Gasteiger partial charge in [0.25, 0.3) is 5.91 Å². The maximum Gasteiger partial charge on any atom is 0.331 e. The number of rotatable bonds is 7. The first kappa shape index (κ1) is 15.9. The van der Waals surface area contributed by atoms with E-state index in [2.05, 4.69) is 15.6 Å². The highest BCUT2D eigenvalue weighted by molar-refractivity contribution is 5.89. The van der Waals surface area contributed by atoms with E-state index in [1.165, 1.54) is 12.2 Å². The molecule has 1 heterocycles. The molecule has 24 heavy (non-hydrogen) atoms. The highest BCUT2D eigenvalue weighted by atomic mass is 16.5. The van der Waals surface area contributed by atoms with Gasteiger partial charge in [-0.25, -0.2) is 9.48 Å². The Morgan fingerprint density at radius 1 is 1.29 bits per heavy atom. The molecule has 3 rings (SSSR count). The minimum absolute atomic E-state index is 0.256. The van der Waals surface area contributed by atoms with Crippen LogP contribution >= 0.6 is 0 Å². The first-order valence-electron chi connectivity index (χ1n) is 7.77. The summed E-state index contributed by atoms with van der Waals surface area (Å²) in [7, 11) is 0. The summed E-state index contributed by atoms with van der Waals surface area (Å²) < 4.78 is 6.55. The van der Waals surface area contributed by atoms with E-state index in [9.17, 15) is 9.59 Å². The minimum atomic E-state index is -0.585. The van der Waals surface area contributed by atoms with Crippen LogP contribution in [0.15, 0.2) is 42.6 Å². The molecule has 0 bridgehead atoms. The van der Waals surface area contributed by atoms with E-state index >= 15 is 0 Å². The van der Waals surface area contributed by atoms with Gasteiger partial charge in [0.15, 0.2) is 6.61 Å². The lowest BCUT2D eigenvalue weighted by atomic mass is 10.2. The number of esters is 1. The summed E-state index contributed by atoms with van der Waals surface area (Å²) in [6, 6.07) is 10.1. The van der Waals surface area contributed by atoms with Gasteiger partial charge in [0.2, 0.25) is 0 Å². The van der Waals surface area contributed by atoms with Crippen LogP contribution in [0.3, 0.4) is 0 Å². The smallest absolute Gasteiger partial charge is 0.331 e. The van der Waals surface area contributed by atoms with Gasteiger partial charge in [-0.1, -0.05) is 35.5 Å². The minimum Gasteiger partial charge on any atom is -0.452 e. The molecular weight excluding hydrogens is 308 g/mol. The summed E-state index contributed by atoms with van der Waals surface area (Å²) in [6.07, 6.45) is 6.48. The Bertz CT molecular complexity index is 735. The molecule has 1 N–H and O–H groups in total. The van der Waals surface area contributed by atoms with Gasteiger partial charge in [0.1, 0.15) is 5.69 Å². The highest BCUT2D eigenvalue weighted by Gasteiger charge is 2.23. The lowest BCUT2D eigenvalue weighted by Crippen LogP contribution is -2.30. The molecule has 7 nitrogen and oxygen atoms in total. The van der Waals surface area contributed by atoms with Crippen LogP contribution in [0.5, 0.6) is 0 Å². The SMILES string of the molecule is O=C(COC(=O)/C=C/c1cn(Cc2ccccc2)nn1)NC1CC1. The molecular formula is C17H18N4O3. The number of nitrogens with one attached hydrogen (secondary N) is 1. The Kier molecular flexibility index (Phi) is 5.00. The van der Waals surface area contributed by atoms with Crippen molar-refractivity contribution in [1.29, 1.82) is 0 Å². The van der Waals surface area contributed by atoms with Crippen molar-refractivity contribution in [2.75, 3.05) is 6.61 Å². The molecule has 1 aromatic heterocycles. The van der Waals surface area contributed by atoms with Crippen molar-refractivity contribution in [2.45, 2.75) is 25.4 Å². The lowest BCUT2D eigenvalue weighted by Gasteiger charge is -2.02. The number of hydrogen-bond acceptors (Lipinski definition) is 5. The number of nitrogens with zero attached hydrogens (tertiary/aromatic N) is 3. The molecule has 1 fully saturated rings. The van der Waals surface area contributed by atoms with Gasteiger partial charge in [-0.2, -0.15) is 0 Å². The second kappa shape index (κ2) is 7.54. The van der Waals surface area contributed by atoms with Crippen molar-refractivity contribution in [1.82, 2.24) is 20.3 Å². The number of aromatic nitrogens is 3. The molecule has 124 valence electrons. The van der Waals surface area contributed by atoms with Crippen molar-refractivity contribution in [3.8, 4) is 0 Å². The van der Waals surface area contributed by atoms with E-state index < -0.39 is 5.97 Å². The van der Waals surface area contributed by atoms with Gasteiger partial charge in [-0.15, -0.1) is 5.10 Å². The average molecular weight is 326 g/mol. The first-order chi connectivity index (χ1) is 11.7. The molecule has 0 radical (unpaired) electrons. The molecule has 1 aliphatic carbocycles. The Hall–Kier alpha value is -2.96. The van der Waals surface area contributed by atoms with Gasteiger partial charge in [-0.05, 0) is 24.5 Å². The van der Waals surface area contributed by atoms with Crippen LogP contribution in [0.25, 0.3) is 6.08 Å². The fraction of sp³-hybridized carbons (Fsp3) is 0.294. The summed E-state index contributed by atoms with van der Waals surface area (Å²) >= 11 is 0. The summed E-state index contributed by atoms with van der Waals surface area (Å²) in [5.74, 6) is -0.855. The first-order valence-corrected chi connectivity index (χ1v) is 7.77. The Morgan fingerprint density at radius 3 is 2.83 bits per heavy atom. The van der Waals surface area contributed by atoms with Crippen LogP contribution in [0.4, 0.5) is 0 Å². The number of benzene rings is 1. The zero-order valence-electron chi connectivity index (χ0n) is 13.1. The molecule has 2 aromatic rings. The van der Waals surface area contributed by atoms with E-state index in [-0.39, 0.29) is 18.6 Å². The maximum atomic E-state index is 11.6. The molecule has 0 spiro atoms. The van der Waals surface area contributed by atoms with Gasteiger partial charge >= 0.3 is 5.97 Å². The van der Waals surface area contributed by atoms with Crippen molar-refractivity contribution >= 4 is 18.0 Å². The standard InChI is InChI=1S/C17H18N4O3/c22-16(18-14-6-7-14)12-24-17(23)9-8-15-11-21(20-19-15)10-13-4-2-1-3-5-13/h1-5,8-9,11,14H,6-7,10,12H2,(H,18,22)/b9-8+. The van der Waals surface area contributed by atoms with Crippen LogP contribution in [0.1, 0.15) is 24.1 Å². The number of carbonyl (C=O) groups is 2. The highest BCUT2D eigenvalue weighted by Crippen LogP contribution is 2.18. The molecule has 0 aliphatic heterocycles. The van der Waals surface area contributed by atoms with E-state index in [1.807, 2.05) is 30.3 Å². The molecule has 1 saturated carbocycles. The lowest BCUT2D eigenvalue weighted by molar-refractivity contribution is -0.143. The van der Waals surface area contributed by atoms with Crippen LogP contribution in [-0.4, -0.2) is 39.5 Å². The normalized spacial score (nSPS) is 13.8. The van der Waals surface area contributed by atoms with E-state index in [0.717, 1.165) is 18.4 Å². The van der Waals surface area contributed by atoms with Crippen LogP contribution in [-0.2, 0) is 20.9 Å². The van der Waals surface area contributed by atoms with Gasteiger partial charge in [0, 0.05) is 12.1 Å². The zero-order valence-corrected chi connectivity index (χ0v) is 13.1. The van der Waals surface area contributed by atoms with Gasteiger partial charge in [0.05, 0.1) is 12.7 Å². The zero-order chi connectivity index (χ0) is 16.8. The third-order valence-corrected chi connectivity index (χ3v) is 3.42. The van der Waals surface area contributed by atoms with Crippen molar-refractivity contribution in [3.63, 3.8) is 0 Å². The maximum absolute atomic E-state index is 11.6. The summed E-state index contributed by atoms with van der Waals surface area (Å²) in [4.78, 5) is 23.0. The molecule has 7 heteroatoms. The van der Waals surface area contributed by atoms with E-state index in [0.29, 0.717) is 12.2 Å². The molecule has 0 unspecified atom stereocenters.